The van der Waals surface area contributed by atoms with Gasteiger partial charge >= 0.3 is 6.09 Å². The van der Waals surface area contributed by atoms with Gasteiger partial charge in [-0.05, 0) is 32.9 Å². The quantitative estimate of drug-likeness (QED) is 0.816. The molecule has 0 fully saturated rings. The predicted octanol–water partition coefficient (Wildman–Crippen LogP) is 3.00. The summed E-state index contributed by atoms with van der Waals surface area (Å²) in [5, 5.41) is 0. The van der Waals surface area contributed by atoms with Gasteiger partial charge in [0.1, 0.15) is 5.60 Å². The molecule has 2 aromatic rings. The summed E-state index contributed by atoms with van der Waals surface area (Å²) in [5.41, 5.74) is -0.325. The summed E-state index contributed by atoms with van der Waals surface area (Å²) in [4.78, 5) is 42.8. The van der Waals surface area contributed by atoms with Crippen LogP contribution in [-0.2, 0) is 4.74 Å². The lowest BCUT2D eigenvalue weighted by molar-refractivity contribution is 0.0220. The summed E-state index contributed by atoms with van der Waals surface area (Å²) in [6.45, 7) is 7.16. The molecule has 2 aromatic heterocycles. The van der Waals surface area contributed by atoms with Gasteiger partial charge in [0, 0.05) is 35.6 Å². The molecule has 7 nitrogen and oxygen atoms in total. The third-order valence-corrected chi connectivity index (χ3v) is 4.08. The molecule has 0 radical (unpaired) electrons. The van der Waals surface area contributed by atoms with Crippen molar-refractivity contribution in [3.63, 3.8) is 0 Å². The van der Waals surface area contributed by atoms with Gasteiger partial charge in [-0.1, -0.05) is 6.92 Å². The van der Waals surface area contributed by atoms with E-state index >= 15 is 0 Å². The number of nitrogens with zero attached hydrogens (tertiary/aromatic N) is 1. The molecule has 8 heteroatoms. The zero-order chi connectivity index (χ0) is 19.2. The fraction of sp³-hybridized carbons (Fsp3) is 0.389. The summed E-state index contributed by atoms with van der Waals surface area (Å²) in [7, 11) is 0. The largest absolute Gasteiger partial charge is 0.443 e. The molecule has 0 bridgehead atoms. The molecule has 0 aromatic carbocycles. The second kappa shape index (κ2) is 6.12. The Bertz CT molecular complexity index is 939. The van der Waals surface area contributed by atoms with Gasteiger partial charge in [0.15, 0.2) is 5.82 Å². The van der Waals surface area contributed by atoms with Crippen molar-refractivity contribution in [1.29, 1.82) is 0 Å². The first kappa shape index (κ1) is 17.9. The predicted molar refractivity (Wildman–Crippen MR) is 92.5 cm³/mol. The van der Waals surface area contributed by atoms with Crippen molar-refractivity contribution in [2.75, 3.05) is 6.54 Å². The van der Waals surface area contributed by atoms with E-state index in [9.17, 15) is 18.8 Å². The van der Waals surface area contributed by atoms with Crippen molar-refractivity contribution in [2.45, 2.75) is 39.2 Å². The van der Waals surface area contributed by atoms with E-state index < -0.39 is 29.0 Å². The minimum Gasteiger partial charge on any atom is -0.443 e. The highest BCUT2D eigenvalue weighted by atomic mass is 19.1. The van der Waals surface area contributed by atoms with E-state index in [4.69, 9.17) is 4.74 Å². The molecule has 1 unspecified atom stereocenters. The first-order chi connectivity index (χ1) is 12.1. The smallest absolute Gasteiger partial charge is 0.417 e. The Balaban J connectivity index is 1.99. The van der Waals surface area contributed by atoms with Crippen LogP contribution in [-0.4, -0.2) is 39.0 Å². The van der Waals surface area contributed by atoms with Crippen LogP contribution >= 0.6 is 0 Å². The van der Waals surface area contributed by atoms with Gasteiger partial charge in [-0.2, -0.15) is 0 Å². The molecule has 26 heavy (non-hydrogen) atoms. The zero-order valence-corrected chi connectivity index (χ0v) is 15.0. The van der Waals surface area contributed by atoms with E-state index in [-0.39, 0.29) is 23.6 Å². The number of H-pyrrole nitrogens is 2. The van der Waals surface area contributed by atoms with Gasteiger partial charge in [0.25, 0.3) is 11.5 Å². The molecule has 2 N–H and O–H groups in total. The molecule has 1 atom stereocenters. The fourth-order valence-electron chi connectivity index (χ4n) is 2.92. The molecule has 0 saturated carbocycles. The van der Waals surface area contributed by atoms with Crippen molar-refractivity contribution in [2.24, 2.45) is 0 Å². The van der Waals surface area contributed by atoms with Crippen molar-refractivity contribution >= 4 is 12.0 Å². The number of pyridine rings is 1. The number of carbonyl (C=O) groups is 2. The number of aromatic nitrogens is 2. The average Bonchev–Trinajstić information content (AvgIpc) is 2.97. The summed E-state index contributed by atoms with van der Waals surface area (Å²) < 4.78 is 19.4. The van der Waals surface area contributed by atoms with Gasteiger partial charge in [0.05, 0.1) is 5.56 Å². The highest BCUT2D eigenvalue weighted by Gasteiger charge is 2.37. The third-order valence-electron chi connectivity index (χ3n) is 4.08. The van der Waals surface area contributed by atoms with Gasteiger partial charge in [-0.25, -0.2) is 14.1 Å². The van der Waals surface area contributed by atoms with Crippen molar-refractivity contribution < 1.29 is 18.7 Å². The average molecular weight is 361 g/mol. The first-order valence-electron chi connectivity index (χ1n) is 8.24. The molecule has 1 aliphatic rings. The number of amides is 2. The Labute approximate surface area is 149 Å². The van der Waals surface area contributed by atoms with Gasteiger partial charge in [-0.15, -0.1) is 0 Å². The number of imide groups is 1. The van der Waals surface area contributed by atoms with Crippen LogP contribution < -0.4 is 5.56 Å². The number of halogens is 1. The van der Waals surface area contributed by atoms with E-state index in [1.165, 1.54) is 18.3 Å². The Morgan fingerprint density at radius 2 is 2.00 bits per heavy atom. The van der Waals surface area contributed by atoms with Crippen LogP contribution in [0.15, 0.2) is 23.1 Å². The number of nitrogens with one attached hydrogen (secondary N) is 2. The van der Waals surface area contributed by atoms with E-state index in [1.54, 1.807) is 20.8 Å². The zero-order valence-electron chi connectivity index (χ0n) is 15.0. The topological polar surface area (TPSA) is 95.3 Å². The molecule has 1 aliphatic heterocycles. The molecule has 0 aliphatic carbocycles. The Kier molecular flexibility index (Phi) is 4.21. The van der Waals surface area contributed by atoms with Gasteiger partial charge in [-0.3, -0.25) is 9.59 Å². The molecule has 138 valence electrons. The normalized spacial score (nSPS) is 17.2. The molecule has 3 heterocycles. The molecular formula is C18H20FN3O4. The summed E-state index contributed by atoms with van der Waals surface area (Å²) in [6, 6.07) is 2.87. The van der Waals surface area contributed by atoms with E-state index in [1.807, 2.05) is 6.92 Å². The summed E-state index contributed by atoms with van der Waals surface area (Å²) in [5.74, 6) is -1.63. The number of aromatic amines is 2. The van der Waals surface area contributed by atoms with Gasteiger partial charge < -0.3 is 14.7 Å². The van der Waals surface area contributed by atoms with Crippen molar-refractivity contribution in [1.82, 2.24) is 14.9 Å². The van der Waals surface area contributed by atoms with E-state index in [0.717, 1.165) is 4.90 Å². The minimum atomic E-state index is -0.935. The number of rotatable bonds is 1. The molecule has 3 rings (SSSR count). The number of hydrogen-bond acceptors (Lipinski definition) is 4. The lowest BCUT2D eigenvalue weighted by Crippen LogP contribution is -2.45. The number of fused-ring (bicyclic) bond motifs is 1. The van der Waals surface area contributed by atoms with Crippen LogP contribution in [0.2, 0.25) is 0 Å². The SMILES string of the molecule is CC1CN(C(=O)OC(C)(C)C)C(=O)c2cc(-c3cc[nH]c(=O)c3F)[nH]c21. The Morgan fingerprint density at radius 1 is 1.31 bits per heavy atom. The molecular weight excluding hydrogens is 341 g/mol. The Hall–Kier alpha value is -2.90. The van der Waals surface area contributed by atoms with Crippen molar-refractivity contribution in [3.8, 4) is 11.3 Å². The molecule has 2 amide bonds. The maximum absolute atomic E-state index is 14.1. The lowest BCUT2D eigenvalue weighted by atomic mass is 9.98. The highest BCUT2D eigenvalue weighted by Crippen LogP contribution is 2.32. The van der Waals surface area contributed by atoms with E-state index in [2.05, 4.69) is 9.97 Å². The van der Waals surface area contributed by atoms with Crippen LogP contribution in [0.25, 0.3) is 11.3 Å². The standard InChI is InChI=1S/C18H20FN3O4/c1-9-8-22(17(25)26-18(2,3)4)16(24)11-7-12(21-14(9)11)10-5-6-20-15(23)13(10)19/h5-7,9,21H,8H2,1-4H3,(H,20,23). The highest BCUT2D eigenvalue weighted by molar-refractivity contribution is 6.05. The second-order valence-corrected chi connectivity index (χ2v) is 7.34. The number of ether oxygens (including phenoxy) is 1. The van der Waals surface area contributed by atoms with Crippen LogP contribution in [0.1, 0.15) is 49.7 Å². The fourth-order valence-corrected chi connectivity index (χ4v) is 2.92. The lowest BCUT2D eigenvalue weighted by Gasteiger charge is -2.31. The van der Waals surface area contributed by atoms with Gasteiger partial charge in [0.2, 0.25) is 0 Å². The summed E-state index contributed by atoms with van der Waals surface area (Å²) in [6.07, 6.45) is 0.615. The maximum atomic E-state index is 14.1. The summed E-state index contributed by atoms with van der Waals surface area (Å²) >= 11 is 0. The Morgan fingerprint density at radius 3 is 2.65 bits per heavy atom. The molecule has 0 spiro atoms. The van der Waals surface area contributed by atoms with Crippen molar-refractivity contribution in [3.05, 3.63) is 45.8 Å². The van der Waals surface area contributed by atoms with Crippen LogP contribution in [0.4, 0.5) is 9.18 Å². The third kappa shape index (κ3) is 3.14. The minimum absolute atomic E-state index is 0.0620. The number of carbonyl (C=O) groups excluding carboxylic acids is 2. The monoisotopic (exact) mass is 361 g/mol. The number of hydrogen-bond donors (Lipinski definition) is 2. The van der Waals surface area contributed by atoms with Crippen LogP contribution in [0.5, 0.6) is 0 Å². The maximum Gasteiger partial charge on any atom is 0.417 e. The van der Waals surface area contributed by atoms with Crippen LogP contribution in [0, 0.1) is 5.82 Å². The molecule has 0 saturated heterocycles. The van der Waals surface area contributed by atoms with Crippen LogP contribution in [0.3, 0.4) is 0 Å². The first-order valence-corrected chi connectivity index (χ1v) is 8.24. The second-order valence-electron chi connectivity index (χ2n) is 7.34. The van der Waals surface area contributed by atoms with E-state index in [0.29, 0.717) is 11.4 Å².